The minimum atomic E-state index is -0.354. The number of rotatable bonds is 5. The Bertz CT molecular complexity index is 569. The van der Waals surface area contributed by atoms with Gasteiger partial charge in [-0.25, -0.2) is 0 Å². The van der Waals surface area contributed by atoms with E-state index >= 15 is 0 Å². The molecule has 0 atom stereocenters. The SMILES string of the molecule is CCC(N)(CC)CNC(=O)C1=Cc2cc(Cl)ccc2OC1.Cl. The minimum absolute atomic E-state index is 0. The second kappa shape index (κ2) is 7.86. The first-order valence-electron chi connectivity index (χ1n) is 7.17. The molecule has 1 aromatic carbocycles. The molecule has 0 saturated heterocycles. The van der Waals surface area contributed by atoms with E-state index in [0.717, 1.165) is 24.2 Å². The van der Waals surface area contributed by atoms with E-state index in [0.29, 0.717) is 17.1 Å². The molecule has 0 unspecified atom stereocenters. The Hall–Kier alpha value is -1.23. The van der Waals surface area contributed by atoms with E-state index in [2.05, 4.69) is 5.32 Å². The largest absolute Gasteiger partial charge is 0.488 e. The number of nitrogens with one attached hydrogen (secondary N) is 1. The number of fused-ring (bicyclic) bond motifs is 1. The molecule has 0 fully saturated rings. The summed E-state index contributed by atoms with van der Waals surface area (Å²) in [6, 6.07) is 5.36. The van der Waals surface area contributed by atoms with Crippen LogP contribution in [0.5, 0.6) is 5.75 Å². The Labute approximate surface area is 142 Å². The van der Waals surface area contributed by atoms with Crippen molar-refractivity contribution in [1.82, 2.24) is 5.32 Å². The van der Waals surface area contributed by atoms with Crippen LogP contribution in [0.1, 0.15) is 32.3 Å². The molecule has 2 rings (SSSR count). The predicted octanol–water partition coefficient (Wildman–Crippen LogP) is 3.17. The smallest absolute Gasteiger partial charge is 0.250 e. The van der Waals surface area contributed by atoms with Crippen LogP contribution >= 0.6 is 24.0 Å². The minimum Gasteiger partial charge on any atom is -0.488 e. The average Bonchev–Trinajstić information content (AvgIpc) is 2.51. The number of amides is 1. The van der Waals surface area contributed by atoms with E-state index in [4.69, 9.17) is 22.1 Å². The summed E-state index contributed by atoms with van der Waals surface area (Å²) in [5.41, 5.74) is 7.24. The molecule has 3 N–H and O–H groups in total. The normalized spacial score (nSPS) is 13.4. The van der Waals surface area contributed by atoms with Crippen molar-refractivity contribution in [2.45, 2.75) is 32.2 Å². The van der Waals surface area contributed by atoms with Gasteiger partial charge in [0, 0.05) is 22.7 Å². The fourth-order valence-electron chi connectivity index (χ4n) is 2.15. The number of ether oxygens (including phenoxy) is 1. The summed E-state index contributed by atoms with van der Waals surface area (Å²) in [4.78, 5) is 12.2. The van der Waals surface area contributed by atoms with Crippen LogP contribution in [0.25, 0.3) is 6.08 Å². The van der Waals surface area contributed by atoms with Gasteiger partial charge in [0.1, 0.15) is 12.4 Å². The third-order valence-corrected chi connectivity index (χ3v) is 4.22. The lowest BCUT2D eigenvalue weighted by atomic mass is 9.94. The van der Waals surface area contributed by atoms with Crippen LogP contribution in [0.2, 0.25) is 5.02 Å². The lowest BCUT2D eigenvalue weighted by Crippen LogP contribution is -2.49. The summed E-state index contributed by atoms with van der Waals surface area (Å²) in [6.45, 7) is 4.77. The van der Waals surface area contributed by atoms with Gasteiger partial charge in [0.15, 0.2) is 0 Å². The van der Waals surface area contributed by atoms with E-state index < -0.39 is 0 Å². The van der Waals surface area contributed by atoms with Gasteiger partial charge in [0.2, 0.25) is 0 Å². The van der Waals surface area contributed by atoms with Crippen LogP contribution in [0.4, 0.5) is 0 Å². The van der Waals surface area contributed by atoms with Gasteiger partial charge < -0.3 is 15.8 Å². The molecule has 0 aliphatic carbocycles. The Morgan fingerprint density at radius 1 is 1.41 bits per heavy atom. The van der Waals surface area contributed by atoms with Crippen molar-refractivity contribution in [3.63, 3.8) is 0 Å². The number of nitrogens with two attached hydrogens (primary N) is 1. The lowest BCUT2D eigenvalue weighted by molar-refractivity contribution is -0.118. The highest BCUT2D eigenvalue weighted by Gasteiger charge is 2.23. The van der Waals surface area contributed by atoms with Gasteiger partial charge in [0.25, 0.3) is 5.91 Å². The van der Waals surface area contributed by atoms with Gasteiger partial charge in [-0.15, -0.1) is 12.4 Å². The molecule has 0 saturated carbocycles. The third-order valence-electron chi connectivity index (χ3n) is 3.99. The first-order chi connectivity index (χ1) is 9.97. The molecule has 0 spiro atoms. The third kappa shape index (κ3) is 4.38. The summed E-state index contributed by atoms with van der Waals surface area (Å²) < 4.78 is 5.58. The van der Waals surface area contributed by atoms with Crippen molar-refractivity contribution in [3.05, 3.63) is 34.4 Å². The topological polar surface area (TPSA) is 64.3 Å². The first-order valence-corrected chi connectivity index (χ1v) is 7.55. The number of halogens is 2. The highest BCUT2D eigenvalue weighted by atomic mass is 35.5. The van der Waals surface area contributed by atoms with Crippen molar-refractivity contribution in [2.75, 3.05) is 13.2 Å². The summed E-state index contributed by atoms with van der Waals surface area (Å²) in [5, 5.41) is 3.51. The Morgan fingerprint density at radius 3 is 2.73 bits per heavy atom. The van der Waals surface area contributed by atoms with Crippen molar-refractivity contribution in [1.29, 1.82) is 0 Å². The van der Waals surface area contributed by atoms with Gasteiger partial charge in [-0.3, -0.25) is 4.79 Å². The Morgan fingerprint density at radius 2 is 2.09 bits per heavy atom. The second-order valence-electron chi connectivity index (χ2n) is 5.39. The van der Waals surface area contributed by atoms with E-state index in [1.165, 1.54) is 0 Å². The van der Waals surface area contributed by atoms with Gasteiger partial charge in [-0.2, -0.15) is 0 Å². The molecule has 1 aromatic rings. The molecule has 4 nitrogen and oxygen atoms in total. The molecule has 1 aliphatic rings. The monoisotopic (exact) mass is 344 g/mol. The quantitative estimate of drug-likeness (QED) is 0.862. The van der Waals surface area contributed by atoms with Gasteiger partial charge in [0.05, 0.1) is 5.57 Å². The van der Waals surface area contributed by atoms with Crippen LogP contribution in [0.15, 0.2) is 23.8 Å². The predicted molar refractivity (Wildman–Crippen MR) is 92.7 cm³/mol. The molecule has 0 bridgehead atoms. The molecule has 1 amide bonds. The number of carbonyl (C=O) groups is 1. The maximum Gasteiger partial charge on any atom is 0.250 e. The Kier molecular flexibility index (Phi) is 6.72. The van der Waals surface area contributed by atoms with Crippen molar-refractivity contribution in [3.8, 4) is 5.75 Å². The molecule has 122 valence electrons. The molecule has 0 radical (unpaired) electrons. The van der Waals surface area contributed by atoms with Crippen LogP contribution < -0.4 is 15.8 Å². The fourth-order valence-corrected chi connectivity index (χ4v) is 2.33. The molecular weight excluding hydrogens is 323 g/mol. The first kappa shape index (κ1) is 18.8. The van der Waals surface area contributed by atoms with Crippen molar-refractivity contribution < 1.29 is 9.53 Å². The highest BCUT2D eigenvalue weighted by Crippen LogP contribution is 2.29. The zero-order valence-electron chi connectivity index (χ0n) is 12.8. The highest BCUT2D eigenvalue weighted by molar-refractivity contribution is 6.30. The van der Waals surface area contributed by atoms with Crippen LogP contribution in [0, 0.1) is 0 Å². The number of carbonyl (C=O) groups excluding carboxylic acids is 1. The summed E-state index contributed by atoms with van der Waals surface area (Å²) in [7, 11) is 0. The molecule has 0 aromatic heterocycles. The fraction of sp³-hybridized carbons (Fsp3) is 0.438. The maximum atomic E-state index is 12.2. The van der Waals surface area contributed by atoms with Crippen molar-refractivity contribution >= 4 is 36.0 Å². The molecular formula is C16H22Cl2N2O2. The van der Waals surface area contributed by atoms with Crippen LogP contribution in [0.3, 0.4) is 0 Å². The molecule has 6 heteroatoms. The maximum absolute atomic E-state index is 12.2. The van der Waals surface area contributed by atoms with E-state index in [1.807, 2.05) is 26.0 Å². The van der Waals surface area contributed by atoms with Crippen LogP contribution in [-0.2, 0) is 4.79 Å². The van der Waals surface area contributed by atoms with Crippen molar-refractivity contribution in [2.24, 2.45) is 5.73 Å². The zero-order valence-corrected chi connectivity index (χ0v) is 14.4. The van der Waals surface area contributed by atoms with E-state index in [-0.39, 0.29) is 30.5 Å². The number of hydrogen-bond donors (Lipinski definition) is 2. The second-order valence-corrected chi connectivity index (χ2v) is 5.83. The Balaban J connectivity index is 0.00000242. The summed E-state index contributed by atoms with van der Waals surface area (Å²) >= 11 is 5.96. The molecule has 1 aliphatic heterocycles. The lowest BCUT2D eigenvalue weighted by Gasteiger charge is -2.27. The zero-order chi connectivity index (χ0) is 15.5. The number of hydrogen-bond acceptors (Lipinski definition) is 3. The van der Waals surface area contributed by atoms with E-state index in [9.17, 15) is 4.79 Å². The standard InChI is InChI=1S/C16H21ClN2O2.ClH/c1-3-16(18,4-2)10-19-15(20)12-7-11-8-13(17)5-6-14(11)21-9-12;/h5-8H,3-4,9-10,18H2,1-2H3,(H,19,20);1H. The summed E-state index contributed by atoms with van der Waals surface area (Å²) in [5.74, 6) is 0.601. The van der Waals surface area contributed by atoms with Gasteiger partial charge in [-0.05, 0) is 37.1 Å². The molecule has 1 heterocycles. The summed E-state index contributed by atoms with van der Waals surface area (Å²) in [6.07, 6.45) is 3.45. The van der Waals surface area contributed by atoms with Crippen LogP contribution in [-0.4, -0.2) is 24.6 Å². The van der Waals surface area contributed by atoms with Gasteiger partial charge >= 0.3 is 0 Å². The number of benzene rings is 1. The average molecular weight is 345 g/mol. The van der Waals surface area contributed by atoms with Gasteiger partial charge in [-0.1, -0.05) is 25.4 Å². The van der Waals surface area contributed by atoms with E-state index in [1.54, 1.807) is 12.1 Å². The molecule has 22 heavy (non-hydrogen) atoms.